The summed E-state index contributed by atoms with van der Waals surface area (Å²) in [6.45, 7) is 5.65. The van der Waals surface area contributed by atoms with E-state index >= 15 is 0 Å². The number of pyridine rings is 1. The Kier molecular flexibility index (Phi) is 9.72. The van der Waals surface area contributed by atoms with E-state index in [4.69, 9.17) is 4.74 Å². The molecular weight excluding hydrogens is 524 g/mol. The highest BCUT2D eigenvalue weighted by molar-refractivity contribution is 7.99. The van der Waals surface area contributed by atoms with E-state index in [1.165, 1.54) is 37.4 Å². The molecular formula is C30H38N6O3S. The first kappa shape index (κ1) is 28.2. The molecule has 1 aromatic carbocycles. The zero-order valence-electron chi connectivity index (χ0n) is 23.1. The van der Waals surface area contributed by atoms with Crippen molar-refractivity contribution >= 4 is 29.4 Å². The molecule has 0 saturated carbocycles. The van der Waals surface area contributed by atoms with Gasteiger partial charge in [-0.2, -0.15) is 0 Å². The predicted molar refractivity (Wildman–Crippen MR) is 157 cm³/mol. The fraction of sp³-hybridized carbons (Fsp3) is 0.467. The number of carbonyl (C=O) groups excluding carboxylic acids is 2. The number of anilines is 1. The molecule has 0 spiro atoms. The molecule has 212 valence electrons. The average molecular weight is 563 g/mol. The minimum atomic E-state index is -0.392. The van der Waals surface area contributed by atoms with Gasteiger partial charge in [0.25, 0.3) is 5.91 Å². The molecule has 40 heavy (non-hydrogen) atoms. The fourth-order valence-electron chi connectivity index (χ4n) is 5.41. The number of aromatic nitrogens is 3. The molecule has 1 unspecified atom stereocenters. The summed E-state index contributed by atoms with van der Waals surface area (Å²) in [7, 11) is 0. The molecule has 2 aliphatic heterocycles. The summed E-state index contributed by atoms with van der Waals surface area (Å²) in [5, 5.41) is 3.80. The van der Waals surface area contributed by atoms with Crippen molar-refractivity contribution in [1.82, 2.24) is 24.8 Å². The van der Waals surface area contributed by atoms with Crippen molar-refractivity contribution in [3.63, 3.8) is 0 Å². The molecule has 2 saturated heterocycles. The number of amides is 2. The molecule has 4 heterocycles. The van der Waals surface area contributed by atoms with E-state index in [1.807, 2.05) is 30.5 Å². The minimum Gasteiger partial charge on any atom is -0.391 e. The van der Waals surface area contributed by atoms with Crippen molar-refractivity contribution in [2.24, 2.45) is 5.92 Å². The number of piperidine rings is 2. The summed E-state index contributed by atoms with van der Waals surface area (Å²) < 4.78 is 5.48. The molecule has 2 N–H and O–H groups in total. The summed E-state index contributed by atoms with van der Waals surface area (Å²) >= 11 is 1.71. The SMILES string of the molecule is CCC1CCCCN1Cc1ccc(C(=O)Nc2ccc(OC(=O)N3CCC(CSc4ncc[nH]4)CC3)nc2)cc1. The molecule has 10 heteroatoms. The number of hydrogen-bond donors (Lipinski definition) is 2. The number of hydrogen-bond acceptors (Lipinski definition) is 7. The minimum absolute atomic E-state index is 0.199. The molecule has 0 bridgehead atoms. The number of benzene rings is 1. The largest absolute Gasteiger partial charge is 0.416 e. The Morgan fingerprint density at radius 3 is 2.58 bits per heavy atom. The summed E-state index contributed by atoms with van der Waals surface area (Å²) in [4.78, 5) is 41.3. The fourth-order valence-corrected chi connectivity index (χ4v) is 6.42. The number of nitrogens with zero attached hydrogens (tertiary/aromatic N) is 4. The maximum atomic E-state index is 12.8. The average Bonchev–Trinajstić information content (AvgIpc) is 3.52. The Labute approximate surface area is 240 Å². The van der Waals surface area contributed by atoms with Gasteiger partial charge in [-0.3, -0.25) is 9.69 Å². The van der Waals surface area contributed by atoms with Crippen LogP contribution in [0.25, 0.3) is 0 Å². The van der Waals surface area contributed by atoms with Gasteiger partial charge in [0, 0.05) is 55.5 Å². The molecule has 3 aromatic rings. The third-order valence-electron chi connectivity index (χ3n) is 7.81. The van der Waals surface area contributed by atoms with Crippen LogP contribution in [0.15, 0.2) is 60.1 Å². The van der Waals surface area contributed by atoms with E-state index in [-0.39, 0.29) is 11.8 Å². The lowest BCUT2D eigenvalue weighted by molar-refractivity contribution is 0.102. The summed E-state index contributed by atoms with van der Waals surface area (Å²) in [5.41, 5.74) is 2.36. The van der Waals surface area contributed by atoms with Gasteiger partial charge in [-0.1, -0.05) is 37.2 Å². The molecule has 9 nitrogen and oxygen atoms in total. The van der Waals surface area contributed by atoms with Crippen LogP contribution in [0.1, 0.15) is 61.4 Å². The Hall–Kier alpha value is -3.37. The van der Waals surface area contributed by atoms with Gasteiger partial charge in [-0.05, 0) is 68.3 Å². The lowest BCUT2D eigenvalue weighted by Gasteiger charge is -2.35. The molecule has 2 aliphatic rings. The van der Waals surface area contributed by atoms with Crippen molar-refractivity contribution in [2.75, 3.05) is 30.7 Å². The van der Waals surface area contributed by atoms with Gasteiger partial charge in [0.1, 0.15) is 0 Å². The Morgan fingerprint density at radius 1 is 1.05 bits per heavy atom. The third kappa shape index (κ3) is 7.63. The second-order valence-corrected chi connectivity index (χ2v) is 11.6. The summed E-state index contributed by atoms with van der Waals surface area (Å²) in [5.74, 6) is 1.54. The smallest absolute Gasteiger partial charge is 0.391 e. The number of ether oxygens (including phenoxy) is 1. The molecule has 0 aliphatic carbocycles. The lowest BCUT2D eigenvalue weighted by atomic mass is 9.99. The van der Waals surface area contributed by atoms with Gasteiger partial charge >= 0.3 is 6.09 Å². The Balaban J connectivity index is 1.05. The topological polar surface area (TPSA) is 103 Å². The van der Waals surface area contributed by atoms with Crippen molar-refractivity contribution < 1.29 is 14.3 Å². The van der Waals surface area contributed by atoms with Crippen molar-refractivity contribution in [3.05, 3.63) is 66.1 Å². The van der Waals surface area contributed by atoms with Crippen LogP contribution in [0, 0.1) is 5.92 Å². The van der Waals surface area contributed by atoms with E-state index in [1.54, 1.807) is 35.0 Å². The van der Waals surface area contributed by atoms with Gasteiger partial charge in [0.05, 0.1) is 11.9 Å². The highest BCUT2D eigenvalue weighted by atomic mass is 32.2. The zero-order chi connectivity index (χ0) is 27.7. The van der Waals surface area contributed by atoms with Crippen LogP contribution in [0.5, 0.6) is 5.88 Å². The molecule has 2 fully saturated rings. The van der Waals surface area contributed by atoms with Crippen LogP contribution in [0.4, 0.5) is 10.5 Å². The van der Waals surface area contributed by atoms with Crippen LogP contribution < -0.4 is 10.1 Å². The van der Waals surface area contributed by atoms with Gasteiger partial charge < -0.3 is 19.9 Å². The normalized spacial score (nSPS) is 18.4. The van der Waals surface area contributed by atoms with Gasteiger partial charge in [0.2, 0.25) is 5.88 Å². The predicted octanol–water partition coefficient (Wildman–Crippen LogP) is 5.82. The standard InChI is InChI=1S/C30H38N6O3S/c1-2-26-5-3-4-16-36(26)20-22-6-8-24(9-7-22)28(37)34-25-10-11-27(33-19-25)39-30(38)35-17-12-23(13-18-35)21-40-29-31-14-15-32-29/h6-11,14-15,19,23,26H,2-5,12-13,16-18,20-21H2,1H3,(H,31,32)(H,34,37). The second kappa shape index (κ2) is 13.8. The molecule has 0 radical (unpaired) electrons. The molecule has 2 aromatic heterocycles. The maximum Gasteiger partial charge on any atom is 0.416 e. The van der Waals surface area contributed by atoms with Crippen molar-refractivity contribution in [1.29, 1.82) is 0 Å². The number of carbonyl (C=O) groups is 2. The summed E-state index contributed by atoms with van der Waals surface area (Å²) in [6, 6.07) is 11.8. The molecule has 1 atom stereocenters. The van der Waals surface area contributed by atoms with E-state index in [0.29, 0.717) is 36.3 Å². The molecule has 5 rings (SSSR count). The van der Waals surface area contributed by atoms with Crippen LogP contribution in [-0.2, 0) is 6.54 Å². The first-order valence-corrected chi connectivity index (χ1v) is 15.2. The van der Waals surface area contributed by atoms with Crippen LogP contribution >= 0.6 is 11.8 Å². The lowest BCUT2D eigenvalue weighted by Crippen LogP contribution is -2.40. The number of likely N-dealkylation sites (tertiary alicyclic amines) is 2. The summed E-state index contributed by atoms with van der Waals surface area (Å²) in [6.07, 6.45) is 11.6. The Bertz CT molecular complexity index is 1230. The zero-order valence-corrected chi connectivity index (χ0v) is 23.9. The highest BCUT2D eigenvalue weighted by Crippen LogP contribution is 2.25. The first-order valence-electron chi connectivity index (χ1n) is 14.3. The highest BCUT2D eigenvalue weighted by Gasteiger charge is 2.25. The van der Waals surface area contributed by atoms with Gasteiger partial charge in [-0.15, -0.1) is 0 Å². The van der Waals surface area contributed by atoms with Crippen molar-refractivity contribution in [2.45, 2.75) is 63.2 Å². The van der Waals surface area contributed by atoms with Gasteiger partial charge in [0.15, 0.2) is 5.16 Å². The number of rotatable bonds is 9. The number of imidazole rings is 1. The Morgan fingerprint density at radius 2 is 1.88 bits per heavy atom. The number of H-pyrrole nitrogens is 1. The monoisotopic (exact) mass is 562 g/mol. The van der Waals surface area contributed by atoms with E-state index < -0.39 is 6.09 Å². The number of nitrogens with one attached hydrogen (secondary N) is 2. The van der Waals surface area contributed by atoms with E-state index in [0.717, 1.165) is 36.8 Å². The number of thioether (sulfide) groups is 1. The van der Waals surface area contributed by atoms with Crippen LogP contribution in [0.2, 0.25) is 0 Å². The van der Waals surface area contributed by atoms with Crippen LogP contribution in [0.3, 0.4) is 0 Å². The van der Waals surface area contributed by atoms with Crippen LogP contribution in [-0.4, -0.2) is 68.2 Å². The van der Waals surface area contributed by atoms with E-state index in [9.17, 15) is 9.59 Å². The quantitative estimate of drug-likeness (QED) is 0.317. The maximum absolute atomic E-state index is 12.8. The third-order valence-corrected chi connectivity index (χ3v) is 8.94. The molecule has 2 amide bonds. The second-order valence-electron chi connectivity index (χ2n) is 10.6. The van der Waals surface area contributed by atoms with Crippen molar-refractivity contribution in [3.8, 4) is 5.88 Å². The first-order chi connectivity index (χ1) is 19.6. The number of aromatic amines is 1. The van der Waals surface area contributed by atoms with E-state index in [2.05, 4.69) is 32.1 Å². The van der Waals surface area contributed by atoms with Gasteiger partial charge in [-0.25, -0.2) is 14.8 Å².